The Morgan fingerprint density at radius 2 is 1.79 bits per heavy atom. The van der Waals surface area contributed by atoms with Crippen molar-refractivity contribution in [3.05, 3.63) is 35.4 Å². The Labute approximate surface area is 164 Å². The van der Waals surface area contributed by atoms with Crippen molar-refractivity contribution in [2.75, 3.05) is 19.6 Å². The van der Waals surface area contributed by atoms with Gasteiger partial charge in [0.15, 0.2) is 5.78 Å². The number of likely N-dealkylation sites (tertiary alicyclic amines) is 1. The summed E-state index contributed by atoms with van der Waals surface area (Å²) in [4.78, 5) is 37.3. The van der Waals surface area contributed by atoms with Gasteiger partial charge in [-0.3, -0.25) is 19.8 Å². The summed E-state index contributed by atoms with van der Waals surface area (Å²) < 4.78 is 0. The average Bonchev–Trinajstić information content (AvgIpc) is 2.67. The molecule has 1 aromatic rings. The number of hydrogen-bond acceptors (Lipinski definition) is 5. The molecule has 8 heteroatoms. The lowest BCUT2D eigenvalue weighted by Gasteiger charge is -2.33. The van der Waals surface area contributed by atoms with Crippen LogP contribution in [0, 0.1) is 11.3 Å². The summed E-state index contributed by atoms with van der Waals surface area (Å²) in [6.45, 7) is 3.31. The Kier molecular flexibility index (Phi) is 7.69. The molecule has 1 atom stereocenters. The number of carbonyl (C=O) groups is 3. The first kappa shape index (κ1) is 21.6. The third-order valence-electron chi connectivity index (χ3n) is 5.08. The van der Waals surface area contributed by atoms with Gasteiger partial charge in [0.05, 0.1) is 6.04 Å². The zero-order chi connectivity index (χ0) is 20.7. The number of carboxylic acids is 1. The maximum absolute atomic E-state index is 12.5. The van der Waals surface area contributed by atoms with Crippen LogP contribution in [0.15, 0.2) is 24.3 Å². The SMILES string of the molecule is C[C@H](NCCC(=O)c1ccc(C(=N)N)cc1)C(=O)N1CCC(CC(=O)O)CC1. The molecule has 1 aliphatic heterocycles. The zero-order valence-corrected chi connectivity index (χ0v) is 16.1. The number of nitrogens with one attached hydrogen (secondary N) is 2. The Bertz CT molecular complexity index is 724. The molecule has 0 spiro atoms. The molecule has 1 aromatic carbocycles. The Hall–Kier alpha value is -2.74. The van der Waals surface area contributed by atoms with Gasteiger partial charge in [-0.15, -0.1) is 0 Å². The lowest BCUT2D eigenvalue weighted by Crippen LogP contribution is -2.48. The van der Waals surface area contributed by atoms with Gasteiger partial charge in [0.2, 0.25) is 5.91 Å². The first-order chi connectivity index (χ1) is 13.3. The molecule has 1 fully saturated rings. The number of rotatable bonds is 9. The maximum atomic E-state index is 12.5. The monoisotopic (exact) mass is 388 g/mol. The van der Waals surface area contributed by atoms with Gasteiger partial charge in [0, 0.05) is 43.6 Å². The van der Waals surface area contributed by atoms with Crippen LogP contribution in [0.1, 0.15) is 48.5 Å². The second-order valence-electron chi connectivity index (χ2n) is 7.21. The Balaban J connectivity index is 1.73. The van der Waals surface area contributed by atoms with E-state index < -0.39 is 12.0 Å². The first-order valence-electron chi connectivity index (χ1n) is 9.49. The van der Waals surface area contributed by atoms with Gasteiger partial charge in [-0.05, 0) is 25.7 Å². The fourth-order valence-corrected chi connectivity index (χ4v) is 3.35. The van der Waals surface area contributed by atoms with Crippen LogP contribution in [0.3, 0.4) is 0 Å². The number of ketones is 1. The van der Waals surface area contributed by atoms with E-state index in [1.54, 1.807) is 36.1 Å². The minimum absolute atomic E-state index is 0.0213. The molecule has 0 bridgehead atoms. The molecule has 2 rings (SSSR count). The molecular weight excluding hydrogens is 360 g/mol. The summed E-state index contributed by atoms with van der Waals surface area (Å²) in [7, 11) is 0. The van der Waals surface area contributed by atoms with Gasteiger partial charge < -0.3 is 21.1 Å². The number of carbonyl (C=O) groups excluding carboxylic acids is 2. The molecule has 1 aliphatic rings. The van der Waals surface area contributed by atoms with Gasteiger partial charge in [-0.25, -0.2) is 0 Å². The van der Waals surface area contributed by atoms with Crippen molar-refractivity contribution in [1.82, 2.24) is 10.2 Å². The molecule has 8 nitrogen and oxygen atoms in total. The fourth-order valence-electron chi connectivity index (χ4n) is 3.35. The minimum Gasteiger partial charge on any atom is -0.481 e. The fraction of sp³-hybridized carbons (Fsp3) is 0.500. The molecular formula is C20H28N4O4. The Morgan fingerprint density at radius 1 is 1.21 bits per heavy atom. The van der Waals surface area contributed by atoms with E-state index in [1.165, 1.54) is 0 Å². The highest BCUT2D eigenvalue weighted by Gasteiger charge is 2.26. The molecule has 0 aliphatic carbocycles. The van der Waals surface area contributed by atoms with E-state index in [4.69, 9.17) is 16.2 Å². The smallest absolute Gasteiger partial charge is 0.303 e. The number of nitrogens with two attached hydrogens (primary N) is 1. The summed E-state index contributed by atoms with van der Waals surface area (Å²) in [6.07, 6.45) is 1.84. The number of piperidine rings is 1. The lowest BCUT2D eigenvalue weighted by molar-refractivity contribution is -0.139. The van der Waals surface area contributed by atoms with Crippen molar-refractivity contribution in [1.29, 1.82) is 5.41 Å². The predicted octanol–water partition coefficient (Wildman–Crippen LogP) is 1.23. The van der Waals surface area contributed by atoms with Crippen molar-refractivity contribution >= 4 is 23.5 Å². The summed E-state index contributed by atoms with van der Waals surface area (Å²) in [5, 5.41) is 19.3. The van der Waals surface area contributed by atoms with Gasteiger partial charge in [-0.2, -0.15) is 0 Å². The second kappa shape index (κ2) is 9.98. The second-order valence-corrected chi connectivity index (χ2v) is 7.21. The van der Waals surface area contributed by atoms with Crippen molar-refractivity contribution in [3.8, 4) is 0 Å². The lowest BCUT2D eigenvalue weighted by atomic mass is 9.93. The quantitative estimate of drug-likeness (QED) is 0.285. The average molecular weight is 388 g/mol. The zero-order valence-electron chi connectivity index (χ0n) is 16.1. The molecule has 0 saturated carbocycles. The summed E-state index contributed by atoms with van der Waals surface area (Å²) in [5.74, 6) is -0.763. The van der Waals surface area contributed by atoms with Gasteiger partial charge in [0.25, 0.3) is 0 Å². The molecule has 0 unspecified atom stereocenters. The highest BCUT2D eigenvalue weighted by atomic mass is 16.4. The van der Waals surface area contributed by atoms with Crippen LogP contribution in [-0.4, -0.2) is 59.2 Å². The number of carboxylic acid groups (broad SMARTS) is 1. The normalized spacial score (nSPS) is 15.8. The summed E-state index contributed by atoms with van der Waals surface area (Å²) >= 11 is 0. The van der Waals surface area contributed by atoms with E-state index in [9.17, 15) is 14.4 Å². The van der Waals surface area contributed by atoms with Crippen molar-refractivity contribution in [2.45, 2.75) is 38.6 Å². The van der Waals surface area contributed by atoms with E-state index in [-0.39, 0.29) is 36.3 Å². The number of amides is 1. The molecule has 28 heavy (non-hydrogen) atoms. The van der Waals surface area contributed by atoms with E-state index >= 15 is 0 Å². The summed E-state index contributed by atoms with van der Waals surface area (Å²) in [5.41, 5.74) is 6.52. The number of benzene rings is 1. The number of aliphatic carboxylic acids is 1. The van der Waals surface area contributed by atoms with Gasteiger partial charge in [-0.1, -0.05) is 24.3 Å². The molecule has 0 aromatic heterocycles. The van der Waals surface area contributed by atoms with E-state index in [2.05, 4.69) is 5.32 Å². The standard InChI is InChI=1S/C20H28N4O4/c1-13(20(28)24-10-7-14(8-11-24)12-18(26)27)23-9-6-17(25)15-2-4-16(5-3-15)19(21)22/h2-5,13-14,23H,6-12H2,1H3,(H3,21,22)(H,26,27)/t13-/m0/s1. The number of hydrogen-bond donors (Lipinski definition) is 4. The molecule has 0 radical (unpaired) electrons. The predicted molar refractivity (Wildman–Crippen MR) is 105 cm³/mol. The van der Waals surface area contributed by atoms with Crippen LogP contribution >= 0.6 is 0 Å². The highest BCUT2D eigenvalue weighted by molar-refractivity contribution is 5.99. The van der Waals surface area contributed by atoms with Crippen LogP contribution in [0.4, 0.5) is 0 Å². The highest BCUT2D eigenvalue weighted by Crippen LogP contribution is 2.20. The third-order valence-corrected chi connectivity index (χ3v) is 5.08. The van der Waals surface area contributed by atoms with E-state index in [1.807, 2.05) is 0 Å². The Morgan fingerprint density at radius 3 is 2.32 bits per heavy atom. The molecule has 1 saturated heterocycles. The van der Waals surface area contributed by atoms with Gasteiger partial charge in [0.1, 0.15) is 5.84 Å². The van der Waals surface area contributed by atoms with Crippen molar-refractivity contribution in [2.24, 2.45) is 11.7 Å². The summed E-state index contributed by atoms with van der Waals surface area (Å²) in [6, 6.07) is 6.18. The number of Topliss-reactive ketones (excluding diaryl/α,β-unsaturated/α-hetero) is 1. The van der Waals surface area contributed by atoms with Crippen molar-refractivity contribution in [3.63, 3.8) is 0 Å². The number of nitrogen functional groups attached to an aromatic ring is 1. The first-order valence-corrected chi connectivity index (χ1v) is 9.49. The molecule has 1 heterocycles. The number of amidine groups is 1. The number of nitrogens with zero attached hydrogens (tertiary/aromatic N) is 1. The molecule has 152 valence electrons. The maximum Gasteiger partial charge on any atom is 0.303 e. The third kappa shape index (κ3) is 6.16. The van der Waals surface area contributed by atoms with Crippen LogP contribution in [0.5, 0.6) is 0 Å². The van der Waals surface area contributed by atoms with E-state index in [0.717, 1.165) is 0 Å². The van der Waals surface area contributed by atoms with E-state index in [0.29, 0.717) is 43.6 Å². The minimum atomic E-state index is -0.791. The van der Waals surface area contributed by atoms with Gasteiger partial charge >= 0.3 is 5.97 Å². The van der Waals surface area contributed by atoms with Crippen LogP contribution in [0.25, 0.3) is 0 Å². The van der Waals surface area contributed by atoms with Crippen LogP contribution in [0.2, 0.25) is 0 Å². The van der Waals surface area contributed by atoms with Crippen LogP contribution in [-0.2, 0) is 9.59 Å². The molecule has 1 amide bonds. The van der Waals surface area contributed by atoms with Crippen LogP contribution < -0.4 is 11.1 Å². The molecule has 5 N–H and O–H groups in total. The topological polar surface area (TPSA) is 137 Å². The van der Waals surface area contributed by atoms with Crippen molar-refractivity contribution < 1.29 is 19.5 Å². The largest absolute Gasteiger partial charge is 0.481 e.